The van der Waals surface area contributed by atoms with Crippen LogP contribution in [-0.2, 0) is 12.8 Å². The van der Waals surface area contributed by atoms with Gasteiger partial charge in [-0.15, -0.1) is 10.2 Å². The number of rotatable bonds is 5. The highest BCUT2D eigenvalue weighted by atomic mass is 32.2. The number of aromatic nitrogens is 5. The minimum atomic E-state index is -0.605. The van der Waals surface area contributed by atoms with Crippen LogP contribution in [0.5, 0.6) is 0 Å². The highest BCUT2D eigenvalue weighted by Crippen LogP contribution is 2.27. The van der Waals surface area contributed by atoms with E-state index < -0.39 is 4.92 Å². The van der Waals surface area contributed by atoms with E-state index in [1.54, 1.807) is 11.6 Å². The molecule has 0 aliphatic carbocycles. The number of furan rings is 1. The fraction of sp³-hybridized carbons (Fsp3) is 0.200. The van der Waals surface area contributed by atoms with E-state index in [-0.39, 0.29) is 11.6 Å². The van der Waals surface area contributed by atoms with Gasteiger partial charge in [-0.2, -0.15) is 4.98 Å². The topological polar surface area (TPSA) is 126 Å². The zero-order valence-corrected chi connectivity index (χ0v) is 11.5. The first-order chi connectivity index (χ1) is 10.1. The van der Waals surface area contributed by atoms with Crippen LogP contribution in [0.25, 0.3) is 11.6 Å². The van der Waals surface area contributed by atoms with Crippen molar-refractivity contribution in [3.63, 3.8) is 0 Å². The number of hydrogen-bond donors (Lipinski definition) is 0. The Bertz CT molecular complexity index is 764. The maximum absolute atomic E-state index is 10.6. The second-order valence-electron chi connectivity index (χ2n) is 3.90. The molecule has 21 heavy (non-hydrogen) atoms. The maximum atomic E-state index is 10.6. The Balaban J connectivity index is 1.79. The fourth-order valence-electron chi connectivity index (χ4n) is 1.59. The summed E-state index contributed by atoms with van der Waals surface area (Å²) in [5.41, 5.74) is 0. The molecule has 0 aliphatic rings. The van der Waals surface area contributed by atoms with E-state index in [1.165, 1.54) is 30.3 Å². The largest absolute Gasteiger partial charge is 0.433 e. The van der Waals surface area contributed by atoms with E-state index in [4.69, 9.17) is 4.42 Å². The molecule has 3 rings (SSSR count). The summed E-state index contributed by atoms with van der Waals surface area (Å²) in [6.07, 6.45) is 1.25. The van der Waals surface area contributed by atoms with Crippen LogP contribution < -0.4 is 0 Å². The molecule has 0 radical (unpaired) electrons. The van der Waals surface area contributed by atoms with Gasteiger partial charge in [0.05, 0.1) is 11.8 Å². The Morgan fingerprint density at radius 2 is 2.29 bits per heavy atom. The summed E-state index contributed by atoms with van der Waals surface area (Å²) in [6, 6.07) is 2.76. The molecule has 0 saturated carbocycles. The van der Waals surface area contributed by atoms with E-state index in [0.29, 0.717) is 22.6 Å². The van der Waals surface area contributed by atoms with Crippen molar-refractivity contribution in [2.75, 3.05) is 0 Å². The standard InChI is InChI=1S/C10H8N6O4S/c1-15-9(6-2-3-8(20-6)16(17)18)12-13-10(15)21-4-7-11-5-19-14-7/h2-3,5H,4H2,1H3. The molecule has 0 N–H and O–H groups in total. The lowest BCUT2D eigenvalue weighted by Gasteiger charge is -1.99. The predicted molar refractivity (Wildman–Crippen MR) is 69.2 cm³/mol. The SMILES string of the molecule is Cn1c(SCc2ncon2)nnc1-c1ccc([N+](=O)[O-])o1. The zero-order chi connectivity index (χ0) is 14.8. The van der Waals surface area contributed by atoms with Gasteiger partial charge in [-0.1, -0.05) is 16.9 Å². The Morgan fingerprint density at radius 3 is 2.95 bits per heavy atom. The molecule has 0 fully saturated rings. The highest BCUT2D eigenvalue weighted by Gasteiger charge is 2.19. The van der Waals surface area contributed by atoms with Gasteiger partial charge in [0.15, 0.2) is 16.7 Å². The van der Waals surface area contributed by atoms with Crippen LogP contribution in [0.2, 0.25) is 0 Å². The van der Waals surface area contributed by atoms with Crippen LogP contribution in [0, 0.1) is 10.1 Å². The summed E-state index contributed by atoms with van der Waals surface area (Å²) in [5, 5.41) is 22.9. The lowest BCUT2D eigenvalue weighted by molar-refractivity contribution is -0.401. The van der Waals surface area contributed by atoms with Gasteiger partial charge in [0.2, 0.25) is 12.2 Å². The average molecular weight is 308 g/mol. The molecule has 0 aromatic carbocycles. The molecule has 0 amide bonds. The third-order valence-electron chi connectivity index (χ3n) is 2.56. The second kappa shape index (κ2) is 5.36. The first-order valence-electron chi connectivity index (χ1n) is 5.67. The summed E-state index contributed by atoms with van der Waals surface area (Å²) < 4.78 is 11.4. The van der Waals surface area contributed by atoms with Crippen LogP contribution in [0.15, 0.2) is 32.6 Å². The molecular formula is C10H8N6O4S. The van der Waals surface area contributed by atoms with Gasteiger partial charge in [0.1, 0.15) is 4.92 Å². The zero-order valence-electron chi connectivity index (χ0n) is 10.7. The Hall–Kier alpha value is -2.69. The molecule has 0 spiro atoms. The second-order valence-corrected chi connectivity index (χ2v) is 4.84. The van der Waals surface area contributed by atoms with Gasteiger partial charge in [-0.25, -0.2) is 0 Å². The molecule has 3 aromatic rings. The summed E-state index contributed by atoms with van der Waals surface area (Å²) in [4.78, 5) is 13.9. The number of thioether (sulfide) groups is 1. The molecular weight excluding hydrogens is 300 g/mol. The molecule has 11 heteroatoms. The van der Waals surface area contributed by atoms with Crippen LogP contribution >= 0.6 is 11.8 Å². The smallest absolute Gasteiger partial charge is 0.397 e. The van der Waals surface area contributed by atoms with Crippen molar-refractivity contribution < 1.29 is 13.9 Å². The Morgan fingerprint density at radius 1 is 1.43 bits per heavy atom. The first kappa shape index (κ1) is 13.3. The van der Waals surface area contributed by atoms with Gasteiger partial charge in [-0.05, 0) is 6.07 Å². The lowest BCUT2D eigenvalue weighted by atomic mass is 10.4. The summed E-state index contributed by atoms with van der Waals surface area (Å²) >= 11 is 1.36. The molecule has 0 bridgehead atoms. The maximum Gasteiger partial charge on any atom is 0.433 e. The molecule has 10 nitrogen and oxygen atoms in total. The number of nitro groups is 1. The molecule has 3 heterocycles. The average Bonchev–Trinajstić information content (AvgIpc) is 3.17. The number of nitrogens with zero attached hydrogens (tertiary/aromatic N) is 6. The monoisotopic (exact) mass is 308 g/mol. The van der Waals surface area contributed by atoms with E-state index in [0.717, 1.165) is 0 Å². The molecule has 0 saturated heterocycles. The third-order valence-corrected chi connectivity index (χ3v) is 3.58. The third kappa shape index (κ3) is 2.63. The summed E-state index contributed by atoms with van der Waals surface area (Å²) in [5.74, 6) is 1.36. The molecule has 108 valence electrons. The van der Waals surface area contributed by atoms with E-state index >= 15 is 0 Å². The van der Waals surface area contributed by atoms with Crippen molar-refractivity contribution in [2.24, 2.45) is 7.05 Å². The predicted octanol–water partition coefficient (Wildman–Crippen LogP) is 1.66. The van der Waals surface area contributed by atoms with Gasteiger partial charge in [0, 0.05) is 7.05 Å². The Labute approximate surface area is 121 Å². The van der Waals surface area contributed by atoms with Crippen LogP contribution in [0.4, 0.5) is 5.88 Å². The quantitative estimate of drug-likeness (QED) is 0.392. The van der Waals surface area contributed by atoms with Crippen molar-refractivity contribution in [3.05, 3.63) is 34.5 Å². The lowest BCUT2D eigenvalue weighted by Crippen LogP contribution is -1.94. The van der Waals surface area contributed by atoms with Crippen LogP contribution in [0.3, 0.4) is 0 Å². The van der Waals surface area contributed by atoms with E-state index in [9.17, 15) is 10.1 Å². The normalized spacial score (nSPS) is 10.9. The number of hydrogen-bond acceptors (Lipinski definition) is 9. The molecule has 3 aromatic heterocycles. The Kier molecular flexibility index (Phi) is 3.39. The van der Waals surface area contributed by atoms with Crippen molar-refractivity contribution in [3.8, 4) is 11.6 Å². The van der Waals surface area contributed by atoms with Crippen LogP contribution in [0.1, 0.15) is 5.82 Å². The van der Waals surface area contributed by atoms with Gasteiger partial charge < -0.3 is 13.5 Å². The van der Waals surface area contributed by atoms with Crippen molar-refractivity contribution in [1.29, 1.82) is 0 Å². The molecule has 0 aliphatic heterocycles. The van der Waals surface area contributed by atoms with Gasteiger partial charge in [-0.3, -0.25) is 10.1 Å². The first-order valence-corrected chi connectivity index (χ1v) is 6.65. The molecule has 0 atom stereocenters. The van der Waals surface area contributed by atoms with Crippen molar-refractivity contribution in [2.45, 2.75) is 10.9 Å². The minimum Gasteiger partial charge on any atom is -0.397 e. The highest BCUT2D eigenvalue weighted by molar-refractivity contribution is 7.98. The van der Waals surface area contributed by atoms with E-state index in [2.05, 4.69) is 24.9 Å². The van der Waals surface area contributed by atoms with Crippen LogP contribution in [-0.4, -0.2) is 29.8 Å². The van der Waals surface area contributed by atoms with Crippen molar-refractivity contribution >= 4 is 17.6 Å². The summed E-state index contributed by atoms with van der Waals surface area (Å²) in [7, 11) is 1.74. The summed E-state index contributed by atoms with van der Waals surface area (Å²) in [6.45, 7) is 0. The van der Waals surface area contributed by atoms with E-state index in [1.807, 2.05) is 0 Å². The minimum absolute atomic E-state index is 0.281. The fourth-order valence-corrected chi connectivity index (χ4v) is 2.35. The molecule has 0 unspecified atom stereocenters. The van der Waals surface area contributed by atoms with Gasteiger partial charge >= 0.3 is 5.88 Å². The van der Waals surface area contributed by atoms with Crippen molar-refractivity contribution in [1.82, 2.24) is 24.9 Å². The van der Waals surface area contributed by atoms with Gasteiger partial charge in [0.25, 0.3) is 0 Å².